The van der Waals surface area contributed by atoms with Gasteiger partial charge in [0, 0.05) is 44.7 Å². The number of rotatable bonds is 7. The van der Waals surface area contributed by atoms with Crippen LogP contribution < -0.4 is 5.14 Å². The van der Waals surface area contributed by atoms with Gasteiger partial charge in [-0.05, 0) is 54.3 Å². The average molecular weight is 595 g/mol. The first-order valence-corrected chi connectivity index (χ1v) is 15.1. The summed E-state index contributed by atoms with van der Waals surface area (Å²) in [5.41, 5.74) is 6.64. The van der Waals surface area contributed by atoms with Crippen molar-refractivity contribution in [3.05, 3.63) is 100 Å². The summed E-state index contributed by atoms with van der Waals surface area (Å²) in [5.74, 6) is 0.332. The number of halogens is 2. The van der Waals surface area contributed by atoms with Crippen LogP contribution in [0.4, 0.5) is 0 Å². The van der Waals surface area contributed by atoms with Gasteiger partial charge in [0.2, 0.25) is 10.0 Å². The van der Waals surface area contributed by atoms with Crippen molar-refractivity contribution >= 4 is 33.2 Å². The Labute approximate surface area is 244 Å². The Kier molecular flexibility index (Phi) is 7.63. The van der Waals surface area contributed by atoms with Gasteiger partial charge in [0.1, 0.15) is 0 Å². The Morgan fingerprint density at radius 3 is 1.50 bits per heavy atom. The SMILES string of the molecule is CC(C)c1cn(-c2ccc(S(N)(=O)=O)cc2-n2cc(C(C)C)c(-c3ccc(Cl)cc3)n2)nc1-c1ccc(Cl)cc1. The van der Waals surface area contributed by atoms with E-state index in [-0.39, 0.29) is 16.7 Å². The van der Waals surface area contributed by atoms with E-state index in [1.807, 2.05) is 60.9 Å². The molecule has 0 saturated carbocycles. The van der Waals surface area contributed by atoms with Crippen LogP contribution in [0.25, 0.3) is 33.9 Å². The van der Waals surface area contributed by atoms with Crippen molar-refractivity contribution in [1.82, 2.24) is 19.6 Å². The lowest BCUT2D eigenvalue weighted by Crippen LogP contribution is -2.14. The van der Waals surface area contributed by atoms with Crippen molar-refractivity contribution in [3.8, 4) is 33.9 Å². The molecule has 40 heavy (non-hydrogen) atoms. The maximum Gasteiger partial charge on any atom is 0.238 e. The van der Waals surface area contributed by atoms with E-state index in [1.165, 1.54) is 12.1 Å². The molecule has 2 heterocycles. The molecule has 0 fully saturated rings. The summed E-state index contributed by atoms with van der Waals surface area (Å²) in [4.78, 5) is -0.0185. The van der Waals surface area contributed by atoms with Crippen molar-refractivity contribution in [2.75, 3.05) is 0 Å². The van der Waals surface area contributed by atoms with E-state index in [4.69, 9.17) is 38.5 Å². The summed E-state index contributed by atoms with van der Waals surface area (Å²) >= 11 is 12.3. The van der Waals surface area contributed by atoms with Crippen LogP contribution in [-0.4, -0.2) is 28.0 Å². The van der Waals surface area contributed by atoms with Gasteiger partial charge in [-0.25, -0.2) is 22.9 Å². The van der Waals surface area contributed by atoms with Gasteiger partial charge in [-0.3, -0.25) is 0 Å². The topological polar surface area (TPSA) is 95.8 Å². The molecule has 2 aromatic heterocycles. The van der Waals surface area contributed by atoms with Crippen LogP contribution in [0.1, 0.15) is 50.7 Å². The lowest BCUT2D eigenvalue weighted by molar-refractivity contribution is 0.597. The molecule has 0 aliphatic carbocycles. The predicted molar refractivity (Wildman–Crippen MR) is 161 cm³/mol. The van der Waals surface area contributed by atoms with Crippen LogP contribution in [0.5, 0.6) is 0 Å². The summed E-state index contributed by atoms with van der Waals surface area (Å²) in [7, 11) is -3.97. The Morgan fingerprint density at radius 2 is 1.10 bits per heavy atom. The van der Waals surface area contributed by atoms with E-state index in [9.17, 15) is 8.42 Å². The van der Waals surface area contributed by atoms with Gasteiger partial charge in [-0.2, -0.15) is 10.2 Å². The highest BCUT2D eigenvalue weighted by atomic mass is 35.5. The molecule has 0 atom stereocenters. The zero-order valence-corrected chi connectivity index (χ0v) is 24.8. The van der Waals surface area contributed by atoms with Crippen molar-refractivity contribution in [3.63, 3.8) is 0 Å². The number of hydrogen-bond donors (Lipinski definition) is 1. The van der Waals surface area contributed by atoms with Gasteiger partial charge in [-0.15, -0.1) is 0 Å². The van der Waals surface area contributed by atoms with Crippen LogP contribution in [0.3, 0.4) is 0 Å². The molecular formula is C30H29Cl2N5O2S. The minimum Gasteiger partial charge on any atom is -0.238 e. The van der Waals surface area contributed by atoms with E-state index in [2.05, 4.69) is 27.7 Å². The minimum atomic E-state index is -3.97. The second-order valence-corrected chi connectivity index (χ2v) is 12.7. The first-order valence-electron chi connectivity index (χ1n) is 12.8. The summed E-state index contributed by atoms with van der Waals surface area (Å²) in [5, 5.41) is 16.7. The van der Waals surface area contributed by atoms with E-state index in [0.717, 1.165) is 33.6 Å². The zero-order valence-electron chi connectivity index (χ0n) is 22.5. The third-order valence-electron chi connectivity index (χ3n) is 6.73. The third-order valence-corrected chi connectivity index (χ3v) is 8.15. The minimum absolute atomic E-state index is 0.0185. The van der Waals surface area contributed by atoms with E-state index in [0.29, 0.717) is 21.4 Å². The molecule has 0 spiro atoms. The monoisotopic (exact) mass is 593 g/mol. The third kappa shape index (κ3) is 5.58. The van der Waals surface area contributed by atoms with Gasteiger partial charge in [-0.1, -0.05) is 75.2 Å². The number of nitrogens with zero attached hydrogens (tertiary/aromatic N) is 4. The molecule has 10 heteroatoms. The lowest BCUT2D eigenvalue weighted by atomic mass is 10.00. The lowest BCUT2D eigenvalue weighted by Gasteiger charge is -2.12. The summed E-state index contributed by atoms with van der Waals surface area (Å²) in [6, 6.07) is 19.8. The van der Waals surface area contributed by atoms with Gasteiger partial charge < -0.3 is 0 Å². The molecule has 0 bridgehead atoms. The quantitative estimate of drug-likeness (QED) is 0.210. The standard InChI is InChI=1S/C30H29Cl2N5O2S/c1-18(2)25-16-36(34-29(25)20-5-9-22(31)10-6-20)27-14-13-24(40(33,38)39)15-28(27)37-17-26(19(3)4)30(35-37)21-7-11-23(32)12-8-21/h5-19H,1-4H3,(H2,33,38,39). The first kappa shape index (κ1) is 28.1. The molecule has 0 amide bonds. The van der Waals surface area contributed by atoms with Crippen molar-refractivity contribution in [1.29, 1.82) is 0 Å². The fourth-order valence-electron chi connectivity index (χ4n) is 4.59. The summed E-state index contributed by atoms with van der Waals surface area (Å²) in [6.45, 7) is 8.38. The first-order chi connectivity index (χ1) is 18.9. The van der Waals surface area contributed by atoms with Gasteiger partial charge in [0.25, 0.3) is 0 Å². The molecule has 5 aromatic rings. The van der Waals surface area contributed by atoms with Crippen molar-refractivity contribution in [2.45, 2.75) is 44.4 Å². The molecular weight excluding hydrogens is 565 g/mol. The van der Waals surface area contributed by atoms with E-state index >= 15 is 0 Å². The Morgan fingerprint density at radius 1 is 0.675 bits per heavy atom. The highest BCUT2D eigenvalue weighted by Crippen LogP contribution is 2.34. The molecule has 0 radical (unpaired) electrons. The molecule has 7 nitrogen and oxygen atoms in total. The van der Waals surface area contributed by atoms with E-state index in [1.54, 1.807) is 15.4 Å². The molecule has 0 saturated heterocycles. The normalized spacial score (nSPS) is 12.0. The molecule has 2 N–H and O–H groups in total. The maximum atomic E-state index is 12.4. The molecule has 5 rings (SSSR count). The molecule has 206 valence electrons. The van der Waals surface area contributed by atoms with Crippen LogP contribution in [0.2, 0.25) is 10.0 Å². The second kappa shape index (κ2) is 10.9. The largest absolute Gasteiger partial charge is 0.238 e. The number of benzene rings is 3. The molecule has 3 aromatic carbocycles. The smallest absolute Gasteiger partial charge is 0.238 e. The van der Waals surface area contributed by atoms with Crippen molar-refractivity contribution in [2.24, 2.45) is 5.14 Å². The number of primary sulfonamides is 1. The molecule has 0 unspecified atom stereocenters. The fraction of sp³-hybridized carbons (Fsp3) is 0.200. The Balaban J connectivity index is 1.74. The summed E-state index contributed by atoms with van der Waals surface area (Å²) < 4.78 is 28.2. The highest BCUT2D eigenvalue weighted by molar-refractivity contribution is 7.89. The second-order valence-electron chi connectivity index (χ2n) is 10.3. The molecule has 0 aliphatic rings. The number of aromatic nitrogens is 4. The Bertz CT molecular complexity index is 1790. The van der Waals surface area contributed by atoms with Crippen LogP contribution in [0.15, 0.2) is 84.0 Å². The number of hydrogen-bond acceptors (Lipinski definition) is 4. The zero-order chi connectivity index (χ0) is 28.8. The average Bonchev–Trinajstić information content (AvgIpc) is 3.55. The predicted octanol–water partition coefficient (Wildman–Crippen LogP) is 7.59. The maximum absolute atomic E-state index is 12.4. The van der Waals surface area contributed by atoms with Gasteiger partial charge in [0.05, 0.1) is 27.7 Å². The Hall–Kier alpha value is -3.43. The van der Waals surface area contributed by atoms with Gasteiger partial charge in [0.15, 0.2) is 0 Å². The van der Waals surface area contributed by atoms with Crippen LogP contribution in [-0.2, 0) is 10.0 Å². The van der Waals surface area contributed by atoms with Gasteiger partial charge >= 0.3 is 0 Å². The number of nitrogens with two attached hydrogens (primary N) is 1. The highest BCUT2D eigenvalue weighted by Gasteiger charge is 2.22. The van der Waals surface area contributed by atoms with Crippen molar-refractivity contribution < 1.29 is 8.42 Å². The molecule has 0 aliphatic heterocycles. The number of sulfonamides is 1. The van der Waals surface area contributed by atoms with Crippen LogP contribution in [0, 0.1) is 0 Å². The fourth-order valence-corrected chi connectivity index (χ4v) is 5.37. The summed E-state index contributed by atoms with van der Waals surface area (Å²) in [6.07, 6.45) is 3.89. The van der Waals surface area contributed by atoms with Crippen LogP contribution >= 0.6 is 23.2 Å². The van der Waals surface area contributed by atoms with E-state index < -0.39 is 10.0 Å².